The maximum Gasteiger partial charge on any atom is 0.412 e. The molecular weight excluding hydrogens is 542 g/mol. The van der Waals surface area contributed by atoms with Crippen molar-refractivity contribution < 1.29 is 19.4 Å². The molecule has 1 heterocycles. The number of amides is 1. The van der Waals surface area contributed by atoms with Gasteiger partial charge in [0, 0.05) is 10.1 Å². The Morgan fingerprint density at radius 2 is 1.62 bits per heavy atom. The van der Waals surface area contributed by atoms with Crippen LogP contribution >= 0.6 is 11.8 Å². The largest absolute Gasteiger partial charge is 0.444 e. The summed E-state index contributed by atoms with van der Waals surface area (Å²) in [6.45, 7) is 8.10. The number of hydrogen-bond donors (Lipinski definition) is 1. The topological polar surface area (TPSA) is 59.0 Å². The van der Waals surface area contributed by atoms with Crippen LogP contribution in [0.5, 0.6) is 0 Å². The minimum atomic E-state index is -0.905. The van der Waals surface area contributed by atoms with E-state index in [0.717, 1.165) is 23.3 Å². The quantitative estimate of drug-likeness (QED) is 0.106. The van der Waals surface area contributed by atoms with Crippen molar-refractivity contribution in [2.45, 2.75) is 133 Å². The van der Waals surface area contributed by atoms with E-state index in [-0.39, 0.29) is 24.6 Å². The predicted molar refractivity (Wildman–Crippen MR) is 175 cm³/mol. The van der Waals surface area contributed by atoms with E-state index in [0.29, 0.717) is 0 Å². The molecule has 1 fully saturated rings. The zero-order chi connectivity index (χ0) is 30.2. The van der Waals surface area contributed by atoms with Crippen LogP contribution in [0, 0.1) is 6.92 Å². The molecule has 232 valence electrons. The van der Waals surface area contributed by atoms with Gasteiger partial charge in [0.15, 0.2) is 0 Å². The second-order valence-corrected chi connectivity index (χ2v) is 13.3. The van der Waals surface area contributed by atoms with Gasteiger partial charge >= 0.3 is 6.09 Å². The summed E-state index contributed by atoms with van der Waals surface area (Å²) in [6.07, 6.45) is 17.6. The third-order valence-corrected chi connectivity index (χ3v) is 9.30. The highest BCUT2D eigenvalue weighted by Gasteiger charge is 2.52. The average Bonchev–Trinajstić information content (AvgIpc) is 3.27. The highest BCUT2D eigenvalue weighted by atomic mass is 32.2. The lowest BCUT2D eigenvalue weighted by atomic mass is 10.0. The number of carbonyl (C=O) groups is 1. The average molecular weight is 596 g/mol. The van der Waals surface area contributed by atoms with Gasteiger partial charge in [0.25, 0.3) is 0 Å². The van der Waals surface area contributed by atoms with Crippen LogP contribution in [0.3, 0.4) is 0 Å². The maximum atomic E-state index is 13.3. The molecule has 1 saturated heterocycles. The molecule has 2 aromatic rings. The van der Waals surface area contributed by atoms with E-state index in [2.05, 4.69) is 50.3 Å². The van der Waals surface area contributed by atoms with Crippen LogP contribution in [-0.2, 0) is 16.1 Å². The van der Waals surface area contributed by atoms with E-state index in [9.17, 15) is 9.90 Å². The summed E-state index contributed by atoms with van der Waals surface area (Å²) in [5.41, 5.74) is 1.24. The molecule has 0 saturated carbocycles. The molecule has 1 amide bonds. The number of unbranched alkanes of at least 4 members (excludes halogenated alkanes) is 9. The summed E-state index contributed by atoms with van der Waals surface area (Å²) in [5, 5.41) is 10.6. The standard InChI is InChI=1S/C36H53NO4S/c1-5-6-7-8-9-10-11-12-13-14-15-19-22-33(42-31-25-23-29(2)24-26-31)34-32(27-38)37(36(3,4)41-34)35(39)40-28-30-20-17-16-18-21-30/h15-21,23-26,32-34,38H,5-14,22,27-28H2,1-4H3/b19-15+/t32-,33?,34+/m1/s1. The van der Waals surface area contributed by atoms with Crippen LogP contribution in [0.4, 0.5) is 4.79 Å². The number of nitrogens with zero attached hydrogens (tertiary/aromatic N) is 1. The Morgan fingerprint density at radius 1 is 0.976 bits per heavy atom. The molecule has 1 N–H and O–H groups in total. The summed E-state index contributed by atoms with van der Waals surface area (Å²) in [6, 6.07) is 17.7. The van der Waals surface area contributed by atoms with Crippen LogP contribution in [0.2, 0.25) is 0 Å². The lowest BCUT2D eigenvalue weighted by Gasteiger charge is -2.32. The Bertz CT molecular complexity index is 1060. The van der Waals surface area contributed by atoms with Crippen molar-refractivity contribution in [2.75, 3.05) is 6.61 Å². The second-order valence-electron chi connectivity index (χ2n) is 12.0. The Hall–Kier alpha value is -2.28. The summed E-state index contributed by atoms with van der Waals surface area (Å²) < 4.78 is 12.3. The fourth-order valence-electron chi connectivity index (χ4n) is 5.63. The number of aliphatic hydroxyl groups excluding tert-OH is 1. The number of rotatable bonds is 18. The highest BCUT2D eigenvalue weighted by molar-refractivity contribution is 8.00. The van der Waals surface area contributed by atoms with E-state index < -0.39 is 17.9 Å². The molecular formula is C36H53NO4S. The van der Waals surface area contributed by atoms with E-state index in [4.69, 9.17) is 9.47 Å². The van der Waals surface area contributed by atoms with Gasteiger partial charge in [-0.2, -0.15) is 0 Å². The van der Waals surface area contributed by atoms with Crippen LogP contribution in [0.1, 0.15) is 103 Å². The first kappa shape index (κ1) is 34.2. The Balaban J connectivity index is 1.60. The van der Waals surface area contributed by atoms with E-state index in [1.165, 1.54) is 63.4 Å². The van der Waals surface area contributed by atoms with Crippen molar-refractivity contribution in [1.29, 1.82) is 0 Å². The first-order chi connectivity index (χ1) is 20.4. The van der Waals surface area contributed by atoms with Gasteiger partial charge in [-0.3, -0.25) is 4.90 Å². The van der Waals surface area contributed by atoms with Gasteiger partial charge in [-0.15, -0.1) is 11.8 Å². The first-order valence-corrected chi connectivity index (χ1v) is 16.9. The third-order valence-electron chi connectivity index (χ3n) is 7.99. The Morgan fingerprint density at radius 3 is 2.26 bits per heavy atom. The molecule has 1 aliphatic rings. The van der Waals surface area contributed by atoms with Crippen molar-refractivity contribution in [3.8, 4) is 0 Å². The fourth-order valence-corrected chi connectivity index (χ4v) is 6.85. The number of hydrogen-bond acceptors (Lipinski definition) is 5. The normalized spacial score (nSPS) is 18.9. The monoisotopic (exact) mass is 595 g/mol. The summed E-state index contributed by atoms with van der Waals surface area (Å²) in [7, 11) is 0. The minimum absolute atomic E-state index is 0.0235. The molecule has 5 nitrogen and oxygen atoms in total. The number of benzene rings is 2. The third kappa shape index (κ3) is 11.1. The van der Waals surface area contributed by atoms with Crippen LogP contribution in [-0.4, -0.2) is 45.8 Å². The van der Waals surface area contributed by atoms with Crippen molar-refractivity contribution in [1.82, 2.24) is 4.90 Å². The van der Waals surface area contributed by atoms with Gasteiger partial charge in [0.05, 0.1) is 18.8 Å². The smallest absolute Gasteiger partial charge is 0.412 e. The minimum Gasteiger partial charge on any atom is -0.444 e. The van der Waals surface area contributed by atoms with Gasteiger partial charge < -0.3 is 14.6 Å². The molecule has 0 radical (unpaired) electrons. The molecule has 0 spiro atoms. The Kier molecular flexibility index (Phi) is 15.0. The van der Waals surface area contributed by atoms with Gasteiger partial charge in [0.2, 0.25) is 0 Å². The number of aryl methyl sites for hydroxylation is 1. The van der Waals surface area contributed by atoms with Crippen LogP contribution in [0.25, 0.3) is 0 Å². The second kappa shape index (κ2) is 18.4. The molecule has 0 bridgehead atoms. The van der Waals surface area contributed by atoms with Gasteiger partial charge in [0.1, 0.15) is 12.3 Å². The first-order valence-electron chi connectivity index (χ1n) is 16.0. The molecule has 0 aliphatic carbocycles. The highest BCUT2D eigenvalue weighted by Crippen LogP contribution is 2.40. The lowest BCUT2D eigenvalue weighted by Crippen LogP contribution is -2.50. The van der Waals surface area contributed by atoms with Gasteiger partial charge in [-0.05, 0) is 57.7 Å². The number of carbonyl (C=O) groups excluding carboxylic acids is 1. The van der Waals surface area contributed by atoms with Gasteiger partial charge in [-0.25, -0.2) is 4.79 Å². The molecule has 1 unspecified atom stereocenters. The van der Waals surface area contributed by atoms with Crippen LogP contribution in [0.15, 0.2) is 71.6 Å². The van der Waals surface area contributed by atoms with Crippen molar-refractivity contribution in [3.05, 3.63) is 77.9 Å². The molecule has 0 aromatic heterocycles. The summed E-state index contributed by atoms with van der Waals surface area (Å²) in [5.74, 6) is 0. The summed E-state index contributed by atoms with van der Waals surface area (Å²) >= 11 is 1.76. The molecule has 6 heteroatoms. The molecule has 3 atom stereocenters. The number of ether oxygens (including phenoxy) is 2. The molecule has 42 heavy (non-hydrogen) atoms. The zero-order valence-electron chi connectivity index (χ0n) is 26.3. The molecule has 2 aromatic carbocycles. The fraction of sp³-hybridized carbons (Fsp3) is 0.583. The Labute approximate surface area is 259 Å². The van der Waals surface area contributed by atoms with Gasteiger partial charge in [-0.1, -0.05) is 118 Å². The van der Waals surface area contributed by atoms with Crippen molar-refractivity contribution in [3.63, 3.8) is 0 Å². The van der Waals surface area contributed by atoms with E-state index in [1.54, 1.807) is 16.7 Å². The van der Waals surface area contributed by atoms with Crippen LogP contribution < -0.4 is 0 Å². The van der Waals surface area contributed by atoms with E-state index >= 15 is 0 Å². The maximum absolute atomic E-state index is 13.3. The number of aliphatic hydroxyl groups is 1. The lowest BCUT2D eigenvalue weighted by molar-refractivity contribution is -0.0708. The number of thioether (sulfide) groups is 1. The SMILES string of the molecule is CCCCCCCCCCC/C=C/CC(Sc1ccc(C)cc1)[C@H]1OC(C)(C)N(C(=O)OCc2ccccc2)[C@@H]1CO. The van der Waals surface area contributed by atoms with Crippen molar-refractivity contribution >= 4 is 17.9 Å². The molecule has 1 aliphatic heterocycles. The molecule has 3 rings (SSSR count). The van der Waals surface area contributed by atoms with E-state index in [1.807, 2.05) is 44.2 Å². The zero-order valence-corrected chi connectivity index (χ0v) is 27.1. The van der Waals surface area contributed by atoms with Crippen molar-refractivity contribution in [2.24, 2.45) is 0 Å². The summed E-state index contributed by atoms with van der Waals surface area (Å²) in [4.78, 5) is 16.1. The number of allylic oxidation sites excluding steroid dienone is 2. The predicted octanol–water partition coefficient (Wildman–Crippen LogP) is 9.46.